The molecule has 7 unspecified atom stereocenters. The molecule has 0 amide bonds. The predicted molar refractivity (Wildman–Crippen MR) is 192 cm³/mol. The van der Waals surface area contributed by atoms with Crippen LogP contribution in [0.25, 0.3) is 0 Å². The Balaban J connectivity index is 2.04. The second-order valence-electron chi connectivity index (χ2n) is 14.7. The molecule has 4 N–H and O–H groups in total. The third-order valence-electron chi connectivity index (χ3n) is 10.0. The maximum atomic E-state index is 13.5. The molecule has 0 bridgehead atoms. The van der Waals surface area contributed by atoms with Crippen LogP contribution in [0, 0.1) is 23.7 Å². The standard InChI is InChI=1S/C36H59ClN2O8S/c1-10-26-16-22(4)46-29(17-26)47-32-23(5)30(44-11-2)24(6)33(41)45-20-36(9,43)31(40)25(7)39(19-21(3)18-35(32,8)42)34(48)38-28-14-12-27(37)13-15-28/h12-15,21-26,29-32,40,42-43H,10-11,16-20H2,1-9H3,(H,38,48)/t21-,22?,23+,24?,25?,26?,29?,30+,31?,32-,35?,36-/m1/s1. The van der Waals surface area contributed by atoms with E-state index >= 15 is 0 Å². The molecule has 12 atom stereocenters. The van der Waals surface area contributed by atoms with E-state index in [0.29, 0.717) is 47.7 Å². The monoisotopic (exact) mass is 714 g/mol. The third kappa shape index (κ3) is 10.7. The number of carbonyl (C=O) groups is 1. The van der Waals surface area contributed by atoms with Crippen molar-refractivity contribution < 1.29 is 39.1 Å². The first-order valence-corrected chi connectivity index (χ1v) is 18.2. The predicted octanol–water partition coefficient (Wildman–Crippen LogP) is 5.79. The van der Waals surface area contributed by atoms with Crippen molar-refractivity contribution in [2.75, 3.05) is 25.1 Å². The quantitative estimate of drug-likeness (QED) is 0.211. The van der Waals surface area contributed by atoms with Gasteiger partial charge in [-0.2, -0.15) is 0 Å². The van der Waals surface area contributed by atoms with E-state index in [0.717, 1.165) is 12.8 Å². The lowest BCUT2D eigenvalue weighted by molar-refractivity contribution is -0.269. The van der Waals surface area contributed by atoms with Crippen LogP contribution in [-0.2, 0) is 23.7 Å². The van der Waals surface area contributed by atoms with Gasteiger partial charge in [-0.3, -0.25) is 4.79 Å². The summed E-state index contributed by atoms with van der Waals surface area (Å²) in [5.74, 6) is -1.57. The van der Waals surface area contributed by atoms with Crippen molar-refractivity contribution in [1.29, 1.82) is 0 Å². The van der Waals surface area contributed by atoms with E-state index in [1.54, 1.807) is 49.9 Å². The lowest BCUT2D eigenvalue weighted by Gasteiger charge is -2.45. The highest BCUT2D eigenvalue weighted by molar-refractivity contribution is 7.80. The van der Waals surface area contributed by atoms with Gasteiger partial charge in [0.25, 0.3) is 0 Å². The SMILES string of the molecule is CCO[C@@H]1C(C)C(=O)OC[C@@](C)(O)C(O)C(C)N(C(=S)Nc2ccc(Cl)cc2)C[C@H](C)CC(C)(O)[C@H](OC2CC(CC)CC(C)O2)[C@H]1C. The molecule has 0 aliphatic carbocycles. The highest BCUT2D eigenvalue weighted by Gasteiger charge is 2.47. The molecule has 1 aromatic rings. The van der Waals surface area contributed by atoms with Crippen molar-refractivity contribution >= 4 is 40.6 Å². The first-order valence-electron chi connectivity index (χ1n) is 17.4. The normalized spacial score (nSPS) is 39.2. The molecule has 2 fully saturated rings. The fraction of sp³-hybridized carbons (Fsp3) is 0.778. The third-order valence-corrected chi connectivity index (χ3v) is 10.6. The number of esters is 1. The first-order chi connectivity index (χ1) is 22.4. The van der Waals surface area contributed by atoms with Crippen molar-refractivity contribution in [2.45, 2.75) is 136 Å². The number of benzene rings is 1. The number of hydrogen-bond donors (Lipinski definition) is 4. The number of rotatable bonds is 6. The number of aliphatic hydroxyl groups excluding tert-OH is 1. The minimum Gasteiger partial charge on any atom is -0.462 e. The fourth-order valence-electron chi connectivity index (χ4n) is 7.39. The molecule has 3 rings (SSSR count). The summed E-state index contributed by atoms with van der Waals surface area (Å²) >= 11 is 12.0. The van der Waals surface area contributed by atoms with Crippen molar-refractivity contribution in [2.24, 2.45) is 23.7 Å². The summed E-state index contributed by atoms with van der Waals surface area (Å²) in [6, 6.07) is 6.36. The van der Waals surface area contributed by atoms with Crippen molar-refractivity contribution in [1.82, 2.24) is 4.90 Å². The molecule has 0 aromatic heterocycles. The molecule has 2 heterocycles. The van der Waals surface area contributed by atoms with Gasteiger partial charge in [0.15, 0.2) is 11.4 Å². The number of anilines is 1. The molecule has 1 aromatic carbocycles. The van der Waals surface area contributed by atoms with Crippen LogP contribution in [0.3, 0.4) is 0 Å². The Morgan fingerprint density at radius 3 is 2.33 bits per heavy atom. The smallest absolute Gasteiger partial charge is 0.311 e. The number of thiocarbonyl (C=S) groups is 1. The number of halogens is 1. The van der Waals surface area contributed by atoms with Gasteiger partial charge in [-0.1, -0.05) is 38.8 Å². The van der Waals surface area contributed by atoms with Gasteiger partial charge in [0, 0.05) is 36.2 Å². The Morgan fingerprint density at radius 2 is 1.73 bits per heavy atom. The zero-order valence-electron chi connectivity index (χ0n) is 30.1. The second kappa shape index (κ2) is 17.6. The van der Waals surface area contributed by atoms with Gasteiger partial charge in [0.05, 0.1) is 35.9 Å². The number of ether oxygens (including phenoxy) is 4. The Kier molecular flexibility index (Phi) is 15.0. The van der Waals surface area contributed by atoms with Crippen LogP contribution in [0.1, 0.15) is 88.0 Å². The van der Waals surface area contributed by atoms with Crippen LogP contribution in [0.2, 0.25) is 5.02 Å². The fourth-order valence-corrected chi connectivity index (χ4v) is 7.87. The number of hydrogen-bond acceptors (Lipinski definition) is 9. The lowest BCUT2D eigenvalue weighted by Crippen LogP contribution is -2.58. The lowest BCUT2D eigenvalue weighted by atomic mass is 9.77. The van der Waals surface area contributed by atoms with Crippen LogP contribution in [-0.4, -0.2) is 99.0 Å². The highest BCUT2D eigenvalue weighted by atomic mass is 35.5. The summed E-state index contributed by atoms with van der Waals surface area (Å²) in [4.78, 5) is 15.3. The number of aliphatic hydroxyl groups is 3. The molecule has 2 saturated heterocycles. The number of nitrogens with one attached hydrogen (secondary N) is 1. The Hall–Kier alpha value is -1.57. The maximum absolute atomic E-state index is 13.5. The van der Waals surface area contributed by atoms with Crippen LogP contribution < -0.4 is 5.32 Å². The van der Waals surface area contributed by atoms with Crippen LogP contribution in [0.4, 0.5) is 5.69 Å². The van der Waals surface area contributed by atoms with E-state index in [2.05, 4.69) is 12.2 Å². The zero-order chi connectivity index (χ0) is 36.0. The van der Waals surface area contributed by atoms with E-state index in [1.807, 2.05) is 27.7 Å². The molecular formula is C36H59ClN2O8S. The highest BCUT2D eigenvalue weighted by Crippen LogP contribution is 2.37. The molecule has 2 aliphatic heterocycles. The Labute approximate surface area is 297 Å². The van der Waals surface area contributed by atoms with Gasteiger partial charge >= 0.3 is 5.97 Å². The van der Waals surface area contributed by atoms with Crippen LogP contribution >= 0.6 is 23.8 Å². The molecule has 48 heavy (non-hydrogen) atoms. The van der Waals surface area contributed by atoms with Crippen molar-refractivity contribution in [3.63, 3.8) is 0 Å². The van der Waals surface area contributed by atoms with Crippen molar-refractivity contribution in [3.8, 4) is 0 Å². The molecule has 0 radical (unpaired) electrons. The van der Waals surface area contributed by atoms with Gasteiger partial charge in [-0.25, -0.2) is 0 Å². The number of nitrogens with zero attached hydrogens (tertiary/aromatic N) is 1. The van der Waals surface area contributed by atoms with Gasteiger partial charge in [0.2, 0.25) is 0 Å². The summed E-state index contributed by atoms with van der Waals surface area (Å²) in [7, 11) is 0. The topological polar surface area (TPSA) is 130 Å². The Bertz CT molecular complexity index is 1190. The summed E-state index contributed by atoms with van der Waals surface area (Å²) in [5, 5.41) is 39.4. The van der Waals surface area contributed by atoms with Crippen LogP contribution in [0.15, 0.2) is 24.3 Å². The number of carbonyl (C=O) groups excluding carboxylic acids is 1. The summed E-state index contributed by atoms with van der Waals surface area (Å²) in [6.07, 6.45) is -0.396. The zero-order valence-corrected chi connectivity index (χ0v) is 31.7. The first kappa shape index (κ1) is 40.9. The summed E-state index contributed by atoms with van der Waals surface area (Å²) in [5.41, 5.74) is -2.50. The second-order valence-corrected chi connectivity index (χ2v) is 15.5. The molecular weight excluding hydrogens is 656 g/mol. The molecule has 10 nitrogen and oxygen atoms in total. The van der Waals surface area contributed by atoms with E-state index < -0.39 is 66.3 Å². The van der Waals surface area contributed by atoms with Crippen LogP contribution in [0.5, 0.6) is 0 Å². The molecule has 274 valence electrons. The minimum atomic E-state index is -1.80. The van der Waals surface area contributed by atoms with Gasteiger partial charge in [-0.15, -0.1) is 0 Å². The molecule has 0 spiro atoms. The van der Waals surface area contributed by atoms with Gasteiger partial charge in [0.1, 0.15) is 18.3 Å². The molecule has 2 aliphatic rings. The summed E-state index contributed by atoms with van der Waals surface area (Å²) < 4.78 is 24.8. The van der Waals surface area contributed by atoms with Crippen molar-refractivity contribution in [3.05, 3.63) is 29.3 Å². The van der Waals surface area contributed by atoms with E-state index in [9.17, 15) is 20.1 Å². The van der Waals surface area contributed by atoms with Gasteiger partial charge < -0.3 is 44.5 Å². The maximum Gasteiger partial charge on any atom is 0.311 e. The molecule has 0 saturated carbocycles. The largest absolute Gasteiger partial charge is 0.462 e. The average molecular weight is 715 g/mol. The summed E-state index contributed by atoms with van der Waals surface area (Å²) in [6.45, 7) is 16.9. The average Bonchev–Trinajstić information content (AvgIpc) is 3.02. The number of cyclic esters (lactones) is 1. The minimum absolute atomic E-state index is 0.00939. The van der Waals surface area contributed by atoms with E-state index in [4.69, 9.17) is 42.8 Å². The molecule has 12 heteroatoms. The van der Waals surface area contributed by atoms with E-state index in [-0.39, 0.29) is 12.0 Å². The Morgan fingerprint density at radius 1 is 1.08 bits per heavy atom. The van der Waals surface area contributed by atoms with E-state index in [1.165, 1.54) is 6.92 Å². The van der Waals surface area contributed by atoms with Gasteiger partial charge in [-0.05, 0) is 103 Å².